The van der Waals surface area contributed by atoms with Crippen LogP contribution in [0.25, 0.3) is 11.1 Å². The molecule has 1 N–H and O–H groups in total. The molecule has 0 atom stereocenters. The molecule has 0 aliphatic carbocycles. The first kappa shape index (κ1) is 14.7. The van der Waals surface area contributed by atoms with Gasteiger partial charge in [0.15, 0.2) is 0 Å². The van der Waals surface area contributed by atoms with Gasteiger partial charge in [-0.15, -0.1) is 0 Å². The molecule has 2 aromatic rings. The first-order valence-electron chi connectivity index (χ1n) is 6.37. The summed E-state index contributed by atoms with van der Waals surface area (Å²) in [5.74, 6) is 0. The van der Waals surface area contributed by atoms with Crippen LogP contribution in [0.4, 0.5) is 0 Å². The van der Waals surface area contributed by atoms with Gasteiger partial charge in [0.1, 0.15) is 6.73 Å². The summed E-state index contributed by atoms with van der Waals surface area (Å²) in [5, 5.41) is 0. The Labute approximate surface area is 119 Å². The van der Waals surface area contributed by atoms with Gasteiger partial charge in [-0.3, -0.25) is 0 Å². The SMILES string of the molecule is CCOCNS(=O)(=O)c1ccccc1-c1ccccc1. The highest BCUT2D eigenvalue weighted by Crippen LogP contribution is 2.26. The zero-order chi connectivity index (χ0) is 14.4. The second kappa shape index (κ2) is 6.65. The summed E-state index contributed by atoms with van der Waals surface area (Å²) in [6.07, 6.45) is 0. The fourth-order valence-corrected chi connectivity index (χ4v) is 2.98. The molecule has 0 saturated carbocycles. The largest absolute Gasteiger partial charge is 0.366 e. The van der Waals surface area contributed by atoms with Gasteiger partial charge in [-0.1, -0.05) is 48.5 Å². The van der Waals surface area contributed by atoms with Crippen LogP contribution in [0.2, 0.25) is 0 Å². The normalized spacial score (nSPS) is 11.4. The second-order valence-electron chi connectivity index (χ2n) is 4.15. The van der Waals surface area contributed by atoms with Crippen molar-refractivity contribution >= 4 is 10.0 Å². The lowest BCUT2D eigenvalue weighted by Gasteiger charge is -2.11. The monoisotopic (exact) mass is 291 g/mol. The van der Waals surface area contributed by atoms with E-state index in [1.165, 1.54) is 0 Å². The van der Waals surface area contributed by atoms with E-state index in [9.17, 15) is 8.42 Å². The molecule has 0 spiro atoms. The number of rotatable bonds is 6. The topological polar surface area (TPSA) is 55.4 Å². The number of hydrogen-bond acceptors (Lipinski definition) is 3. The van der Waals surface area contributed by atoms with E-state index in [2.05, 4.69) is 4.72 Å². The third kappa shape index (κ3) is 3.45. The number of benzene rings is 2. The Morgan fingerprint density at radius 3 is 2.35 bits per heavy atom. The van der Waals surface area contributed by atoms with Gasteiger partial charge in [-0.25, -0.2) is 8.42 Å². The lowest BCUT2D eigenvalue weighted by atomic mass is 10.1. The van der Waals surface area contributed by atoms with Crippen LogP contribution < -0.4 is 4.72 Å². The van der Waals surface area contributed by atoms with Gasteiger partial charge in [-0.2, -0.15) is 4.72 Å². The summed E-state index contributed by atoms with van der Waals surface area (Å²) >= 11 is 0. The summed E-state index contributed by atoms with van der Waals surface area (Å²) in [7, 11) is -3.59. The van der Waals surface area contributed by atoms with Gasteiger partial charge in [0.05, 0.1) is 4.90 Å². The molecule has 0 aromatic heterocycles. The van der Waals surface area contributed by atoms with E-state index < -0.39 is 10.0 Å². The molecule has 0 radical (unpaired) electrons. The summed E-state index contributed by atoms with van der Waals surface area (Å²) in [6, 6.07) is 16.4. The molecule has 106 valence electrons. The van der Waals surface area contributed by atoms with E-state index in [4.69, 9.17) is 4.74 Å². The fourth-order valence-electron chi connectivity index (χ4n) is 1.86. The minimum atomic E-state index is -3.59. The Balaban J connectivity index is 2.38. The predicted octanol–water partition coefficient (Wildman–Crippen LogP) is 2.63. The quantitative estimate of drug-likeness (QED) is 0.657. The zero-order valence-electron chi connectivity index (χ0n) is 11.2. The molecule has 4 nitrogen and oxygen atoms in total. The molecule has 5 heteroatoms. The minimum absolute atomic E-state index is 0.0258. The minimum Gasteiger partial charge on any atom is -0.366 e. The van der Waals surface area contributed by atoms with Crippen molar-refractivity contribution in [2.24, 2.45) is 0 Å². The molecule has 2 aromatic carbocycles. The predicted molar refractivity (Wildman–Crippen MR) is 78.7 cm³/mol. The van der Waals surface area contributed by atoms with Crippen molar-refractivity contribution in [1.29, 1.82) is 0 Å². The maximum Gasteiger partial charge on any atom is 0.243 e. The average molecular weight is 291 g/mol. The van der Waals surface area contributed by atoms with E-state index >= 15 is 0 Å². The molecule has 0 heterocycles. The number of hydrogen-bond donors (Lipinski definition) is 1. The Morgan fingerprint density at radius 1 is 1.00 bits per heavy atom. The van der Waals surface area contributed by atoms with Gasteiger partial charge >= 0.3 is 0 Å². The number of ether oxygens (including phenoxy) is 1. The number of nitrogens with one attached hydrogen (secondary N) is 1. The van der Waals surface area contributed by atoms with E-state index in [1.54, 1.807) is 18.2 Å². The molecule has 20 heavy (non-hydrogen) atoms. The Bertz CT molecular complexity index is 654. The second-order valence-corrected chi connectivity index (χ2v) is 5.88. The average Bonchev–Trinajstić information content (AvgIpc) is 2.48. The molecule has 2 rings (SSSR count). The van der Waals surface area contributed by atoms with Crippen LogP contribution in [0.5, 0.6) is 0 Å². The van der Waals surface area contributed by atoms with E-state index in [-0.39, 0.29) is 11.6 Å². The van der Waals surface area contributed by atoms with Crippen molar-refractivity contribution in [3.63, 3.8) is 0 Å². The molecule has 0 unspecified atom stereocenters. The first-order chi connectivity index (χ1) is 9.65. The lowest BCUT2D eigenvalue weighted by Crippen LogP contribution is -2.26. The van der Waals surface area contributed by atoms with E-state index in [1.807, 2.05) is 43.3 Å². The zero-order valence-corrected chi connectivity index (χ0v) is 12.1. The van der Waals surface area contributed by atoms with E-state index in [0.29, 0.717) is 12.2 Å². The Kier molecular flexibility index (Phi) is 4.89. The van der Waals surface area contributed by atoms with Crippen molar-refractivity contribution in [1.82, 2.24) is 4.72 Å². The maximum absolute atomic E-state index is 12.3. The van der Waals surface area contributed by atoms with Crippen LogP contribution in [0.1, 0.15) is 6.92 Å². The van der Waals surface area contributed by atoms with E-state index in [0.717, 1.165) is 5.56 Å². The van der Waals surface area contributed by atoms with Crippen LogP contribution in [0.3, 0.4) is 0 Å². The van der Waals surface area contributed by atoms with Crippen molar-refractivity contribution in [2.75, 3.05) is 13.3 Å². The summed E-state index contributed by atoms with van der Waals surface area (Å²) in [4.78, 5) is 0.255. The Morgan fingerprint density at radius 2 is 1.65 bits per heavy atom. The molecule has 0 bridgehead atoms. The molecule has 0 fully saturated rings. The van der Waals surface area contributed by atoms with Crippen molar-refractivity contribution < 1.29 is 13.2 Å². The van der Waals surface area contributed by atoms with Crippen LogP contribution in [0, 0.1) is 0 Å². The molecular weight excluding hydrogens is 274 g/mol. The van der Waals surface area contributed by atoms with Crippen LogP contribution in [-0.4, -0.2) is 21.8 Å². The van der Waals surface area contributed by atoms with Gasteiger partial charge in [0.2, 0.25) is 10.0 Å². The Hall–Kier alpha value is -1.69. The van der Waals surface area contributed by atoms with Crippen LogP contribution >= 0.6 is 0 Å². The summed E-state index contributed by atoms with van der Waals surface area (Å²) in [5.41, 5.74) is 1.54. The third-order valence-electron chi connectivity index (χ3n) is 2.82. The van der Waals surface area contributed by atoms with Gasteiger partial charge in [-0.05, 0) is 18.6 Å². The van der Waals surface area contributed by atoms with Crippen LogP contribution in [-0.2, 0) is 14.8 Å². The van der Waals surface area contributed by atoms with Gasteiger partial charge < -0.3 is 4.74 Å². The highest BCUT2D eigenvalue weighted by atomic mass is 32.2. The smallest absolute Gasteiger partial charge is 0.243 e. The number of sulfonamides is 1. The van der Waals surface area contributed by atoms with Crippen LogP contribution in [0.15, 0.2) is 59.5 Å². The molecular formula is C15H17NO3S. The lowest BCUT2D eigenvalue weighted by molar-refractivity contribution is 0.144. The fraction of sp³-hybridized carbons (Fsp3) is 0.200. The van der Waals surface area contributed by atoms with Crippen molar-refractivity contribution in [3.05, 3.63) is 54.6 Å². The molecule has 0 aliphatic rings. The highest BCUT2D eigenvalue weighted by Gasteiger charge is 2.18. The molecule has 0 aliphatic heterocycles. The summed E-state index contributed by atoms with van der Waals surface area (Å²) < 4.78 is 32.1. The highest BCUT2D eigenvalue weighted by molar-refractivity contribution is 7.89. The molecule has 0 saturated heterocycles. The van der Waals surface area contributed by atoms with Crippen molar-refractivity contribution in [2.45, 2.75) is 11.8 Å². The maximum atomic E-state index is 12.3. The van der Waals surface area contributed by atoms with Gasteiger partial charge in [0, 0.05) is 12.2 Å². The van der Waals surface area contributed by atoms with Crippen molar-refractivity contribution in [3.8, 4) is 11.1 Å². The summed E-state index contributed by atoms with van der Waals surface area (Å²) in [6.45, 7) is 2.25. The standard InChI is InChI=1S/C15H17NO3S/c1-2-19-12-16-20(17,18)15-11-7-6-10-14(15)13-8-4-3-5-9-13/h3-11,16H,2,12H2,1H3. The molecule has 0 amide bonds. The first-order valence-corrected chi connectivity index (χ1v) is 7.85. The van der Waals surface area contributed by atoms with Gasteiger partial charge in [0.25, 0.3) is 0 Å². The third-order valence-corrected chi connectivity index (χ3v) is 4.25.